The van der Waals surface area contributed by atoms with Crippen LogP contribution < -0.4 is 4.74 Å². The molecule has 0 bridgehead atoms. The molecule has 22 heavy (non-hydrogen) atoms. The molecule has 0 radical (unpaired) electrons. The maximum atomic E-state index is 11.4. The number of benzene rings is 2. The van der Waals surface area contributed by atoms with Gasteiger partial charge in [0.15, 0.2) is 0 Å². The monoisotopic (exact) mass is 298 g/mol. The third-order valence-electron chi connectivity index (χ3n) is 3.50. The van der Waals surface area contributed by atoms with Crippen molar-refractivity contribution in [2.45, 2.75) is 32.8 Å². The zero-order chi connectivity index (χ0) is 16.2. The normalized spacial score (nSPS) is 11.1. The SMILES string of the molecule is COC(=O)c1ccc(OCc2ccc(C(C)(C)C)cc2)cc1. The minimum Gasteiger partial charge on any atom is -0.489 e. The van der Waals surface area contributed by atoms with E-state index in [-0.39, 0.29) is 11.4 Å². The summed E-state index contributed by atoms with van der Waals surface area (Å²) in [6.45, 7) is 7.09. The molecule has 2 aromatic carbocycles. The van der Waals surface area contributed by atoms with Crippen molar-refractivity contribution in [1.82, 2.24) is 0 Å². The molecular formula is C19H22O3. The first-order valence-corrected chi connectivity index (χ1v) is 7.31. The van der Waals surface area contributed by atoms with E-state index in [2.05, 4.69) is 49.8 Å². The summed E-state index contributed by atoms with van der Waals surface area (Å²) in [5.41, 5.74) is 3.09. The highest BCUT2D eigenvalue weighted by Gasteiger charge is 2.12. The van der Waals surface area contributed by atoms with Crippen LogP contribution in [0.5, 0.6) is 5.75 Å². The van der Waals surface area contributed by atoms with E-state index in [1.807, 2.05) is 0 Å². The second-order valence-electron chi connectivity index (χ2n) is 6.25. The molecule has 0 N–H and O–H groups in total. The molecule has 3 heteroatoms. The summed E-state index contributed by atoms with van der Waals surface area (Å²) in [7, 11) is 1.37. The zero-order valence-corrected chi connectivity index (χ0v) is 13.6. The van der Waals surface area contributed by atoms with Crippen LogP contribution in [0.4, 0.5) is 0 Å². The van der Waals surface area contributed by atoms with Crippen molar-refractivity contribution in [3.8, 4) is 5.75 Å². The Morgan fingerprint density at radius 1 is 0.955 bits per heavy atom. The zero-order valence-electron chi connectivity index (χ0n) is 13.6. The van der Waals surface area contributed by atoms with Gasteiger partial charge in [0.2, 0.25) is 0 Å². The maximum absolute atomic E-state index is 11.4. The van der Waals surface area contributed by atoms with Crippen LogP contribution in [0.1, 0.15) is 42.3 Å². The lowest BCUT2D eigenvalue weighted by atomic mass is 9.87. The van der Waals surface area contributed by atoms with Gasteiger partial charge in [0.05, 0.1) is 12.7 Å². The Bertz CT molecular complexity index is 619. The van der Waals surface area contributed by atoms with E-state index in [0.29, 0.717) is 12.2 Å². The summed E-state index contributed by atoms with van der Waals surface area (Å²) >= 11 is 0. The number of ether oxygens (including phenoxy) is 2. The molecule has 0 aliphatic heterocycles. The Morgan fingerprint density at radius 3 is 2.05 bits per heavy atom. The van der Waals surface area contributed by atoms with Crippen LogP contribution in [0, 0.1) is 0 Å². The van der Waals surface area contributed by atoms with Gasteiger partial charge in [-0.25, -0.2) is 4.79 Å². The fourth-order valence-corrected chi connectivity index (χ4v) is 2.07. The van der Waals surface area contributed by atoms with Crippen molar-refractivity contribution in [1.29, 1.82) is 0 Å². The minimum atomic E-state index is -0.343. The topological polar surface area (TPSA) is 35.5 Å². The van der Waals surface area contributed by atoms with Crippen molar-refractivity contribution in [3.63, 3.8) is 0 Å². The molecule has 2 rings (SSSR count). The van der Waals surface area contributed by atoms with E-state index in [1.165, 1.54) is 12.7 Å². The van der Waals surface area contributed by atoms with Gasteiger partial charge in [0, 0.05) is 0 Å². The van der Waals surface area contributed by atoms with Gasteiger partial charge in [0.25, 0.3) is 0 Å². The Hall–Kier alpha value is -2.29. The molecule has 0 aromatic heterocycles. The predicted molar refractivity (Wildman–Crippen MR) is 87.3 cm³/mol. The Balaban J connectivity index is 1.97. The molecule has 0 fully saturated rings. The number of hydrogen-bond acceptors (Lipinski definition) is 3. The summed E-state index contributed by atoms with van der Waals surface area (Å²) < 4.78 is 10.4. The van der Waals surface area contributed by atoms with Crippen molar-refractivity contribution >= 4 is 5.97 Å². The smallest absolute Gasteiger partial charge is 0.337 e. The lowest BCUT2D eigenvalue weighted by Crippen LogP contribution is -2.10. The molecule has 0 heterocycles. The maximum Gasteiger partial charge on any atom is 0.337 e. The molecule has 2 aromatic rings. The van der Waals surface area contributed by atoms with Crippen LogP contribution in [-0.2, 0) is 16.8 Å². The van der Waals surface area contributed by atoms with Crippen LogP contribution in [0.15, 0.2) is 48.5 Å². The molecule has 3 nitrogen and oxygen atoms in total. The van der Waals surface area contributed by atoms with Gasteiger partial charge >= 0.3 is 5.97 Å². The molecule has 0 aliphatic carbocycles. The highest BCUT2D eigenvalue weighted by Crippen LogP contribution is 2.22. The first kappa shape index (κ1) is 16.1. The molecule has 116 valence electrons. The van der Waals surface area contributed by atoms with Crippen LogP contribution in [-0.4, -0.2) is 13.1 Å². The van der Waals surface area contributed by atoms with E-state index in [4.69, 9.17) is 4.74 Å². The molecule has 0 atom stereocenters. The summed E-state index contributed by atoms with van der Waals surface area (Å²) in [6, 6.07) is 15.4. The number of carbonyl (C=O) groups excluding carboxylic acids is 1. The molecular weight excluding hydrogens is 276 g/mol. The van der Waals surface area contributed by atoms with Crippen molar-refractivity contribution in [3.05, 3.63) is 65.2 Å². The standard InChI is InChI=1S/C19H22O3/c1-19(2,3)16-9-5-14(6-10-16)13-22-17-11-7-15(8-12-17)18(20)21-4/h5-12H,13H2,1-4H3. The van der Waals surface area contributed by atoms with Crippen LogP contribution in [0.2, 0.25) is 0 Å². The number of methoxy groups -OCH3 is 1. The number of hydrogen-bond donors (Lipinski definition) is 0. The summed E-state index contributed by atoms with van der Waals surface area (Å²) in [4.78, 5) is 11.4. The quantitative estimate of drug-likeness (QED) is 0.787. The summed E-state index contributed by atoms with van der Waals surface area (Å²) in [5.74, 6) is 0.386. The molecule has 0 saturated carbocycles. The first-order chi connectivity index (χ1) is 10.4. The van der Waals surface area contributed by atoms with E-state index >= 15 is 0 Å². The Labute approximate surface area is 131 Å². The Kier molecular flexibility index (Phi) is 4.86. The van der Waals surface area contributed by atoms with Crippen LogP contribution in [0.25, 0.3) is 0 Å². The van der Waals surface area contributed by atoms with Crippen molar-refractivity contribution < 1.29 is 14.3 Å². The van der Waals surface area contributed by atoms with Crippen LogP contribution in [0.3, 0.4) is 0 Å². The van der Waals surface area contributed by atoms with Gasteiger partial charge in [-0.1, -0.05) is 45.0 Å². The first-order valence-electron chi connectivity index (χ1n) is 7.31. The Morgan fingerprint density at radius 2 is 1.55 bits per heavy atom. The van der Waals surface area contributed by atoms with E-state index in [9.17, 15) is 4.79 Å². The average molecular weight is 298 g/mol. The molecule has 0 unspecified atom stereocenters. The van der Waals surface area contributed by atoms with Gasteiger partial charge < -0.3 is 9.47 Å². The third-order valence-corrected chi connectivity index (χ3v) is 3.50. The molecule has 0 spiro atoms. The number of carbonyl (C=O) groups is 1. The molecule has 0 amide bonds. The fraction of sp³-hybridized carbons (Fsp3) is 0.316. The number of rotatable bonds is 4. The van der Waals surface area contributed by atoms with Gasteiger partial charge in [-0.3, -0.25) is 0 Å². The summed E-state index contributed by atoms with van der Waals surface area (Å²) in [6.07, 6.45) is 0. The van der Waals surface area contributed by atoms with Crippen molar-refractivity contribution in [2.75, 3.05) is 7.11 Å². The molecule has 0 aliphatic rings. The predicted octanol–water partition coefficient (Wildman–Crippen LogP) is 4.35. The second kappa shape index (κ2) is 6.65. The van der Waals surface area contributed by atoms with E-state index < -0.39 is 0 Å². The van der Waals surface area contributed by atoms with Gasteiger partial charge in [-0.2, -0.15) is 0 Å². The van der Waals surface area contributed by atoms with Gasteiger partial charge in [-0.05, 0) is 40.8 Å². The van der Waals surface area contributed by atoms with Crippen molar-refractivity contribution in [2.24, 2.45) is 0 Å². The van der Waals surface area contributed by atoms with E-state index in [0.717, 1.165) is 11.3 Å². The van der Waals surface area contributed by atoms with Crippen LogP contribution >= 0.6 is 0 Å². The highest BCUT2D eigenvalue weighted by molar-refractivity contribution is 5.89. The lowest BCUT2D eigenvalue weighted by molar-refractivity contribution is 0.0600. The lowest BCUT2D eigenvalue weighted by Gasteiger charge is -2.19. The fourth-order valence-electron chi connectivity index (χ4n) is 2.07. The summed E-state index contributed by atoms with van der Waals surface area (Å²) in [5, 5.41) is 0. The highest BCUT2D eigenvalue weighted by atomic mass is 16.5. The van der Waals surface area contributed by atoms with Gasteiger partial charge in [-0.15, -0.1) is 0 Å². The number of esters is 1. The minimum absolute atomic E-state index is 0.156. The average Bonchev–Trinajstić information content (AvgIpc) is 2.52. The largest absolute Gasteiger partial charge is 0.489 e. The van der Waals surface area contributed by atoms with E-state index in [1.54, 1.807) is 24.3 Å². The molecule has 0 saturated heterocycles. The third kappa shape index (κ3) is 4.10. The second-order valence-corrected chi connectivity index (χ2v) is 6.25. The van der Waals surface area contributed by atoms with Gasteiger partial charge in [0.1, 0.15) is 12.4 Å².